The van der Waals surface area contributed by atoms with Gasteiger partial charge in [-0.15, -0.1) is 0 Å². The highest BCUT2D eigenvalue weighted by Crippen LogP contribution is 2.26. The van der Waals surface area contributed by atoms with Crippen molar-refractivity contribution in [1.29, 1.82) is 0 Å². The van der Waals surface area contributed by atoms with Crippen molar-refractivity contribution in [2.45, 2.75) is 26.3 Å². The predicted molar refractivity (Wildman–Crippen MR) is 94.2 cm³/mol. The Hall–Kier alpha value is -2.87. The first kappa shape index (κ1) is 19.9. The first-order chi connectivity index (χ1) is 13.2. The largest absolute Gasteiger partial charge is 0.451 e. The van der Waals surface area contributed by atoms with Gasteiger partial charge in [0.1, 0.15) is 18.0 Å². The number of furan rings is 1. The van der Waals surface area contributed by atoms with E-state index in [-0.39, 0.29) is 18.9 Å². The molecule has 0 saturated heterocycles. The summed E-state index contributed by atoms with van der Waals surface area (Å²) in [6.07, 6.45) is -4.36. The van der Waals surface area contributed by atoms with Crippen molar-refractivity contribution in [3.8, 4) is 0 Å². The van der Waals surface area contributed by atoms with E-state index in [1.807, 2.05) is 0 Å². The molecular weight excluding hydrogens is 378 g/mol. The minimum atomic E-state index is -4.36. The zero-order chi connectivity index (χ0) is 20.3. The predicted octanol–water partition coefficient (Wildman–Crippen LogP) is 4.89. The fourth-order valence-electron chi connectivity index (χ4n) is 2.71. The average Bonchev–Trinajstić information content (AvgIpc) is 2.96. The topological polar surface area (TPSA) is 51.5 Å². The molecule has 0 fully saturated rings. The van der Waals surface area contributed by atoms with Crippen LogP contribution in [0.4, 0.5) is 17.6 Å². The Bertz CT molecular complexity index is 978. The summed E-state index contributed by atoms with van der Waals surface area (Å²) in [6, 6.07) is 10.7. The molecule has 1 amide bonds. The molecule has 2 aromatic carbocycles. The molecule has 0 bridgehead atoms. The summed E-state index contributed by atoms with van der Waals surface area (Å²) in [7, 11) is 0. The second-order valence-corrected chi connectivity index (χ2v) is 6.30. The van der Waals surface area contributed by atoms with Gasteiger partial charge in [-0.05, 0) is 36.2 Å². The third-order valence-electron chi connectivity index (χ3n) is 4.11. The second kappa shape index (κ2) is 8.02. The van der Waals surface area contributed by atoms with Gasteiger partial charge in [-0.25, -0.2) is 4.39 Å². The van der Waals surface area contributed by atoms with Crippen molar-refractivity contribution >= 4 is 16.9 Å². The van der Waals surface area contributed by atoms with Gasteiger partial charge in [-0.3, -0.25) is 4.79 Å². The van der Waals surface area contributed by atoms with Crippen molar-refractivity contribution in [3.05, 3.63) is 70.7 Å². The summed E-state index contributed by atoms with van der Waals surface area (Å²) in [5.74, 6) is -0.743. The maximum absolute atomic E-state index is 13.4. The molecule has 1 aromatic heterocycles. The zero-order valence-electron chi connectivity index (χ0n) is 14.9. The minimum absolute atomic E-state index is 0.109. The third-order valence-corrected chi connectivity index (χ3v) is 4.11. The van der Waals surface area contributed by atoms with Crippen LogP contribution in [-0.4, -0.2) is 18.7 Å². The molecular formula is C20H17F4NO3. The summed E-state index contributed by atoms with van der Waals surface area (Å²) in [4.78, 5) is 12.4. The number of halogens is 4. The number of hydrogen-bond acceptors (Lipinski definition) is 3. The first-order valence-electron chi connectivity index (χ1n) is 8.42. The number of benzene rings is 2. The van der Waals surface area contributed by atoms with Crippen molar-refractivity contribution in [2.75, 3.05) is 6.61 Å². The van der Waals surface area contributed by atoms with E-state index >= 15 is 0 Å². The normalized spacial score (nSPS) is 11.8. The van der Waals surface area contributed by atoms with Crippen molar-refractivity contribution in [1.82, 2.24) is 5.32 Å². The first-order valence-corrected chi connectivity index (χ1v) is 8.42. The summed E-state index contributed by atoms with van der Waals surface area (Å²) in [5, 5.41) is 3.24. The number of fused-ring (bicyclic) bond motifs is 1. The van der Waals surface area contributed by atoms with Gasteiger partial charge in [-0.1, -0.05) is 24.3 Å². The van der Waals surface area contributed by atoms with Crippen LogP contribution in [0.15, 0.2) is 46.9 Å². The van der Waals surface area contributed by atoms with E-state index < -0.39 is 24.5 Å². The second-order valence-electron chi connectivity index (χ2n) is 6.30. The summed E-state index contributed by atoms with van der Waals surface area (Å²) >= 11 is 0. The summed E-state index contributed by atoms with van der Waals surface area (Å²) in [5.41, 5.74) is 2.32. The van der Waals surface area contributed by atoms with Gasteiger partial charge in [-0.2, -0.15) is 13.2 Å². The van der Waals surface area contributed by atoms with E-state index in [9.17, 15) is 22.4 Å². The van der Waals surface area contributed by atoms with Crippen LogP contribution in [0, 0.1) is 12.7 Å². The van der Waals surface area contributed by atoms with E-state index in [2.05, 4.69) is 10.1 Å². The van der Waals surface area contributed by atoms with Gasteiger partial charge >= 0.3 is 6.18 Å². The number of amides is 1. The van der Waals surface area contributed by atoms with Crippen molar-refractivity contribution in [3.63, 3.8) is 0 Å². The van der Waals surface area contributed by atoms with Crippen LogP contribution in [0.2, 0.25) is 0 Å². The lowest BCUT2D eigenvalue weighted by molar-refractivity contribution is -0.176. The zero-order valence-corrected chi connectivity index (χ0v) is 14.9. The van der Waals surface area contributed by atoms with E-state index in [1.165, 1.54) is 18.2 Å². The molecule has 0 aliphatic heterocycles. The van der Waals surface area contributed by atoms with E-state index in [4.69, 9.17) is 4.42 Å². The molecule has 0 aliphatic rings. The lowest BCUT2D eigenvalue weighted by Gasteiger charge is -2.08. The van der Waals surface area contributed by atoms with Crippen LogP contribution in [0.1, 0.15) is 27.2 Å². The van der Waals surface area contributed by atoms with Gasteiger partial charge < -0.3 is 14.5 Å². The molecule has 0 radical (unpaired) electrons. The minimum Gasteiger partial charge on any atom is -0.451 e. The average molecular weight is 395 g/mol. The number of nitrogens with one attached hydrogen (secondary N) is 1. The van der Waals surface area contributed by atoms with E-state index in [1.54, 1.807) is 31.2 Å². The SMILES string of the molecule is Cc1c(C(=O)NCc2ccc(COCC(F)(F)F)cc2)oc2ccc(F)cc12. The lowest BCUT2D eigenvalue weighted by Crippen LogP contribution is -2.23. The third kappa shape index (κ3) is 4.89. The number of alkyl halides is 3. The summed E-state index contributed by atoms with van der Waals surface area (Å²) < 4.78 is 59.7. The molecule has 1 heterocycles. The highest BCUT2D eigenvalue weighted by Gasteiger charge is 2.27. The smallest absolute Gasteiger partial charge is 0.411 e. The molecule has 0 atom stereocenters. The highest BCUT2D eigenvalue weighted by molar-refractivity contribution is 5.98. The maximum Gasteiger partial charge on any atom is 0.411 e. The highest BCUT2D eigenvalue weighted by atomic mass is 19.4. The number of hydrogen-bond donors (Lipinski definition) is 1. The van der Waals surface area contributed by atoms with Crippen LogP contribution in [0.25, 0.3) is 11.0 Å². The standard InChI is InChI=1S/C20H17F4NO3/c1-12-16-8-15(21)6-7-17(16)28-18(12)19(26)25-9-13-2-4-14(5-3-13)10-27-11-20(22,23)24/h2-8H,9-11H2,1H3,(H,25,26). The quantitative estimate of drug-likeness (QED) is 0.605. The van der Waals surface area contributed by atoms with Crippen molar-refractivity contribution < 1.29 is 31.5 Å². The van der Waals surface area contributed by atoms with Gasteiger partial charge in [0.2, 0.25) is 0 Å². The number of ether oxygens (including phenoxy) is 1. The van der Waals surface area contributed by atoms with Crippen LogP contribution < -0.4 is 5.32 Å². The number of carbonyl (C=O) groups excluding carboxylic acids is 1. The van der Waals surface area contributed by atoms with Gasteiger partial charge in [0.05, 0.1) is 6.61 Å². The molecule has 0 spiro atoms. The number of carbonyl (C=O) groups is 1. The fourth-order valence-corrected chi connectivity index (χ4v) is 2.71. The van der Waals surface area contributed by atoms with E-state index in [0.717, 1.165) is 5.56 Å². The Kier molecular flexibility index (Phi) is 5.69. The van der Waals surface area contributed by atoms with Crippen LogP contribution in [0.5, 0.6) is 0 Å². The van der Waals surface area contributed by atoms with Gasteiger partial charge in [0.25, 0.3) is 5.91 Å². The van der Waals surface area contributed by atoms with E-state index in [0.29, 0.717) is 22.1 Å². The van der Waals surface area contributed by atoms with Crippen LogP contribution >= 0.6 is 0 Å². The molecule has 3 rings (SSSR count). The molecule has 28 heavy (non-hydrogen) atoms. The molecule has 8 heteroatoms. The molecule has 0 saturated carbocycles. The Morgan fingerprint density at radius 3 is 2.46 bits per heavy atom. The number of rotatable bonds is 6. The fraction of sp³-hybridized carbons (Fsp3) is 0.250. The lowest BCUT2D eigenvalue weighted by atomic mass is 10.1. The maximum atomic E-state index is 13.4. The van der Waals surface area contributed by atoms with Crippen molar-refractivity contribution in [2.24, 2.45) is 0 Å². The molecule has 0 aliphatic carbocycles. The van der Waals surface area contributed by atoms with Crippen LogP contribution in [-0.2, 0) is 17.9 Å². The molecule has 4 nitrogen and oxygen atoms in total. The molecule has 3 aromatic rings. The van der Waals surface area contributed by atoms with Gasteiger partial charge in [0.15, 0.2) is 5.76 Å². The van der Waals surface area contributed by atoms with Gasteiger partial charge in [0, 0.05) is 17.5 Å². The Balaban J connectivity index is 1.58. The Morgan fingerprint density at radius 1 is 1.11 bits per heavy atom. The molecule has 148 valence electrons. The summed E-state index contributed by atoms with van der Waals surface area (Å²) in [6.45, 7) is 0.426. The molecule has 1 N–H and O–H groups in total. The van der Waals surface area contributed by atoms with Crippen LogP contribution in [0.3, 0.4) is 0 Å². The number of aryl methyl sites for hydroxylation is 1. The Morgan fingerprint density at radius 2 is 1.79 bits per heavy atom. The monoisotopic (exact) mass is 395 g/mol. The Labute approximate surface area is 158 Å². The molecule has 0 unspecified atom stereocenters.